The van der Waals surface area contributed by atoms with Crippen LogP contribution in [0, 0.1) is 18.3 Å². The smallest absolute Gasteiger partial charge is 0.410 e. The quantitative estimate of drug-likeness (QED) is 0.846. The van der Waals surface area contributed by atoms with Gasteiger partial charge in [0.1, 0.15) is 5.60 Å². The molecule has 0 saturated carbocycles. The molecule has 0 radical (unpaired) electrons. The van der Waals surface area contributed by atoms with Crippen molar-refractivity contribution in [2.45, 2.75) is 76.7 Å². The second-order valence-corrected chi connectivity index (χ2v) is 8.35. The summed E-state index contributed by atoms with van der Waals surface area (Å²) in [7, 11) is 0. The van der Waals surface area contributed by atoms with Crippen LogP contribution in [0.1, 0.15) is 63.1 Å². The Balaban J connectivity index is 1.84. The van der Waals surface area contributed by atoms with Crippen LogP contribution in [-0.2, 0) is 10.3 Å². The van der Waals surface area contributed by atoms with Gasteiger partial charge < -0.3 is 14.7 Å². The standard InChI is InChI=1S/C20H26N2O3/c1-13-9-14(12-21)5-8-17(13)20(24)10-15-6-7-16(11-20)22(15)18(23)25-19(2,3)4/h5,8-9,15-16,24H,6-7,10-11H2,1-4H3. The summed E-state index contributed by atoms with van der Waals surface area (Å²) in [5.74, 6) is 0. The lowest BCUT2D eigenvalue weighted by molar-refractivity contribution is -0.0627. The first-order chi connectivity index (χ1) is 11.6. The van der Waals surface area contributed by atoms with Crippen molar-refractivity contribution in [3.63, 3.8) is 0 Å². The van der Waals surface area contributed by atoms with Crippen molar-refractivity contribution in [3.8, 4) is 6.07 Å². The van der Waals surface area contributed by atoms with Gasteiger partial charge in [0.05, 0.1) is 17.2 Å². The molecular formula is C20H26N2O3. The number of benzene rings is 1. The number of hydrogen-bond donors (Lipinski definition) is 1. The molecule has 25 heavy (non-hydrogen) atoms. The number of aliphatic hydroxyl groups is 1. The van der Waals surface area contributed by atoms with Crippen LogP contribution in [0.5, 0.6) is 0 Å². The molecule has 2 bridgehead atoms. The molecule has 0 spiro atoms. The number of nitriles is 1. The molecular weight excluding hydrogens is 316 g/mol. The number of piperidine rings is 1. The van der Waals surface area contributed by atoms with Crippen LogP contribution in [0.15, 0.2) is 18.2 Å². The molecule has 3 rings (SSSR count). The fourth-order valence-corrected chi connectivity index (χ4v) is 4.31. The predicted molar refractivity (Wildman–Crippen MR) is 93.9 cm³/mol. The van der Waals surface area contributed by atoms with Gasteiger partial charge in [-0.2, -0.15) is 5.26 Å². The average molecular weight is 342 g/mol. The molecule has 2 aliphatic rings. The van der Waals surface area contributed by atoms with Crippen LogP contribution in [0.25, 0.3) is 0 Å². The van der Waals surface area contributed by atoms with Crippen molar-refractivity contribution in [1.82, 2.24) is 4.90 Å². The Hall–Kier alpha value is -2.06. The highest BCUT2D eigenvalue weighted by molar-refractivity contribution is 5.70. The molecule has 2 unspecified atom stereocenters. The van der Waals surface area contributed by atoms with E-state index >= 15 is 0 Å². The lowest BCUT2D eigenvalue weighted by Crippen LogP contribution is -2.53. The summed E-state index contributed by atoms with van der Waals surface area (Å²) in [6.45, 7) is 7.53. The zero-order valence-electron chi connectivity index (χ0n) is 15.4. The number of carbonyl (C=O) groups is 1. The molecule has 2 fully saturated rings. The predicted octanol–water partition coefficient (Wildman–Crippen LogP) is 3.62. The molecule has 1 amide bonds. The highest BCUT2D eigenvalue weighted by Gasteiger charge is 2.51. The van der Waals surface area contributed by atoms with Crippen LogP contribution in [0.4, 0.5) is 4.79 Å². The summed E-state index contributed by atoms with van der Waals surface area (Å²) in [6.07, 6.45) is 2.52. The van der Waals surface area contributed by atoms with E-state index in [0.717, 1.165) is 24.0 Å². The Labute approximate surface area is 149 Å². The van der Waals surface area contributed by atoms with E-state index in [1.807, 2.05) is 44.7 Å². The molecule has 1 aromatic rings. The zero-order chi connectivity index (χ0) is 18.4. The van der Waals surface area contributed by atoms with Crippen LogP contribution in [-0.4, -0.2) is 33.8 Å². The zero-order valence-corrected chi connectivity index (χ0v) is 15.4. The molecule has 0 aromatic heterocycles. The largest absolute Gasteiger partial charge is 0.444 e. The molecule has 2 saturated heterocycles. The summed E-state index contributed by atoms with van der Waals surface area (Å²) < 4.78 is 5.56. The van der Waals surface area contributed by atoms with Crippen molar-refractivity contribution >= 4 is 6.09 Å². The maximum Gasteiger partial charge on any atom is 0.410 e. The molecule has 2 aliphatic heterocycles. The van der Waals surface area contributed by atoms with Crippen LogP contribution >= 0.6 is 0 Å². The Morgan fingerprint density at radius 2 is 1.92 bits per heavy atom. The number of fused-ring (bicyclic) bond motifs is 2. The summed E-state index contributed by atoms with van der Waals surface area (Å²) in [4.78, 5) is 14.4. The minimum absolute atomic E-state index is 0.00589. The number of hydrogen-bond acceptors (Lipinski definition) is 4. The van der Waals surface area contributed by atoms with Gasteiger partial charge in [-0.3, -0.25) is 0 Å². The van der Waals surface area contributed by atoms with Gasteiger partial charge in [0, 0.05) is 24.9 Å². The maximum absolute atomic E-state index is 12.6. The van der Waals surface area contributed by atoms with Gasteiger partial charge in [-0.25, -0.2) is 4.79 Å². The van der Waals surface area contributed by atoms with Gasteiger partial charge in [0.15, 0.2) is 0 Å². The highest BCUT2D eigenvalue weighted by Crippen LogP contribution is 2.47. The number of ether oxygens (including phenoxy) is 1. The summed E-state index contributed by atoms with van der Waals surface area (Å²) in [6, 6.07) is 7.55. The SMILES string of the molecule is Cc1cc(C#N)ccc1C1(O)CC2CCC(C1)N2C(=O)OC(C)(C)C. The number of carbonyl (C=O) groups excluding carboxylic acids is 1. The van der Waals surface area contributed by atoms with Gasteiger partial charge in [0.25, 0.3) is 0 Å². The van der Waals surface area contributed by atoms with E-state index < -0.39 is 11.2 Å². The Morgan fingerprint density at radius 1 is 1.32 bits per heavy atom. The van der Waals surface area contributed by atoms with Gasteiger partial charge in [-0.1, -0.05) is 6.07 Å². The molecule has 2 atom stereocenters. The Kier molecular flexibility index (Phi) is 4.28. The van der Waals surface area contributed by atoms with E-state index in [1.165, 1.54) is 0 Å². The van der Waals surface area contributed by atoms with E-state index in [1.54, 1.807) is 6.07 Å². The molecule has 1 aromatic carbocycles. The second-order valence-electron chi connectivity index (χ2n) is 8.35. The highest BCUT2D eigenvalue weighted by atomic mass is 16.6. The van der Waals surface area contributed by atoms with Crippen molar-refractivity contribution in [3.05, 3.63) is 34.9 Å². The molecule has 1 N–H and O–H groups in total. The molecule has 5 heteroatoms. The van der Waals surface area contributed by atoms with E-state index in [-0.39, 0.29) is 18.2 Å². The summed E-state index contributed by atoms with van der Waals surface area (Å²) in [5, 5.41) is 20.4. The Morgan fingerprint density at radius 3 is 2.40 bits per heavy atom. The third-order valence-corrected chi connectivity index (χ3v) is 5.23. The van der Waals surface area contributed by atoms with Gasteiger partial charge in [0.2, 0.25) is 0 Å². The van der Waals surface area contributed by atoms with Gasteiger partial charge >= 0.3 is 6.09 Å². The second kappa shape index (κ2) is 6.03. The van der Waals surface area contributed by atoms with Gasteiger partial charge in [-0.05, 0) is 63.8 Å². The fraction of sp³-hybridized carbons (Fsp3) is 0.600. The third kappa shape index (κ3) is 3.36. The first kappa shape index (κ1) is 17.8. The number of aryl methyl sites for hydroxylation is 1. The monoisotopic (exact) mass is 342 g/mol. The minimum Gasteiger partial charge on any atom is -0.444 e. The van der Waals surface area contributed by atoms with E-state index in [4.69, 9.17) is 10.00 Å². The first-order valence-corrected chi connectivity index (χ1v) is 8.88. The van der Waals surface area contributed by atoms with Crippen LogP contribution in [0.3, 0.4) is 0 Å². The third-order valence-electron chi connectivity index (χ3n) is 5.23. The number of nitrogens with zero attached hydrogens (tertiary/aromatic N) is 2. The maximum atomic E-state index is 12.6. The van der Waals surface area contributed by atoms with E-state index in [9.17, 15) is 9.90 Å². The Bertz CT molecular complexity index is 715. The van der Waals surface area contributed by atoms with Crippen LogP contribution < -0.4 is 0 Å². The summed E-state index contributed by atoms with van der Waals surface area (Å²) in [5.41, 5.74) is 0.911. The van der Waals surface area contributed by atoms with E-state index in [2.05, 4.69) is 6.07 Å². The van der Waals surface area contributed by atoms with Crippen LogP contribution in [0.2, 0.25) is 0 Å². The van der Waals surface area contributed by atoms with Crippen molar-refractivity contribution in [2.24, 2.45) is 0 Å². The fourth-order valence-electron chi connectivity index (χ4n) is 4.31. The lowest BCUT2D eigenvalue weighted by Gasteiger charge is -2.44. The number of rotatable bonds is 1. The van der Waals surface area contributed by atoms with Gasteiger partial charge in [-0.15, -0.1) is 0 Å². The molecule has 134 valence electrons. The molecule has 2 heterocycles. The first-order valence-electron chi connectivity index (χ1n) is 8.88. The average Bonchev–Trinajstić information content (AvgIpc) is 2.78. The number of amides is 1. The molecule has 5 nitrogen and oxygen atoms in total. The molecule has 0 aliphatic carbocycles. The van der Waals surface area contributed by atoms with Crippen molar-refractivity contribution in [2.75, 3.05) is 0 Å². The lowest BCUT2D eigenvalue weighted by atomic mass is 9.78. The van der Waals surface area contributed by atoms with Crippen molar-refractivity contribution < 1.29 is 14.6 Å². The summed E-state index contributed by atoms with van der Waals surface area (Å²) >= 11 is 0. The minimum atomic E-state index is -0.956. The van der Waals surface area contributed by atoms with Crippen molar-refractivity contribution in [1.29, 1.82) is 5.26 Å². The normalized spacial score (nSPS) is 28.6. The topological polar surface area (TPSA) is 73.6 Å². The van der Waals surface area contributed by atoms with E-state index in [0.29, 0.717) is 18.4 Å².